The number of benzene rings is 2. The molecule has 0 saturated carbocycles. The summed E-state index contributed by atoms with van der Waals surface area (Å²) < 4.78 is 38.9. The van der Waals surface area contributed by atoms with Gasteiger partial charge in [-0.05, 0) is 37.4 Å². The van der Waals surface area contributed by atoms with Crippen LogP contribution in [0.4, 0.5) is 24.5 Å². The molecule has 7 heteroatoms. The second-order valence-electron chi connectivity index (χ2n) is 6.20. The molecule has 0 atom stereocenters. The van der Waals surface area contributed by atoms with Gasteiger partial charge in [0.15, 0.2) is 0 Å². The summed E-state index contributed by atoms with van der Waals surface area (Å²) in [6.45, 7) is 5.98. The van der Waals surface area contributed by atoms with Gasteiger partial charge in [-0.25, -0.2) is 4.99 Å². The summed E-state index contributed by atoms with van der Waals surface area (Å²) in [7, 11) is 0. The highest BCUT2D eigenvalue weighted by molar-refractivity contribution is 6.54. The SMILES string of the molecule is CCN(CC)CN1C(=O)C(=Nc2cccc(C(F)(F)F)c2)c2ccccc21. The van der Waals surface area contributed by atoms with Crippen molar-refractivity contribution in [2.75, 3.05) is 24.7 Å². The molecule has 0 fully saturated rings. The van der Waals surface area contributed by atoms with E-state index in [2.05, 4.69) is 9.89 Å². The molecule has 27 heavy (non-hydrogen) atoms. The Morgan fingerprint density at radius 2 is 1.74 bits per heavy atom. The molecule has 0 aliphatic carbocycles. The predicted molar refractivity (Wildman–Crippen MR) is 99.4 cm³/mol. The van der Waals surface area contributed by atoms with Gasteiger partial charge in [0.1, 0.15) is 5.71 Å². The van der Waals surface area contributed by atoms with Gasteiger partial charge >= 0.3 is 6.18 Å². The summed E-state index contributed by atoms with van der Waals surface area (Å²) >= 11 is 0. The normalized spacial score (nSPS) is 15.7. The van der Waals surface area contributed by atoms with E-state index in [1.807, 2.05) is 26.0 Å². The van der Waals surface area contributed by atoms with Crippen LogP contribution in [0, 0.1) is 0 Å². The molecule has 0 spiro atoms. The Balaban J connectivity index is 2.01. The van der Waals surface area contributed by atoms with E-state index in [1.165, 1.54) is 12.1 Å². The number of alkyl halides is 3. The standard InChI is InChI=1S/C20H20F3N3O/c1-3-25(4-2)13-26-17-11-6-5-10-16(17)18(19(26)27)24-15-9-7-8-14(12-15)20(21,22)23/h5-12H,3-4,13H2,1-2H3. The second kappa shape index (κ2) is 7.52. The average molecular weight is 375 g/mol. The molecule has 3 rings (SSSR count). The minimum atomic E-state index is -4.46. The Labute approximate surface area is 155 Å². The summed E-state index contributed by atoms with van der Waals surface area (Å²) in [4.78, 5) is 20.9. The molecule has 0 unspecified atom stereocenters. The molecular weight excluding hydrogens is 355 g/mol. The number of hydrogen-bond acceptors (Lipinski definition) is 3. The lowest BCUT2D eigenvalue weighted by atomic mass is 10.1. The molecule has 1 amide bonds. The van der Waals surface area contributed by atoms with Crippen LogP contribution in [0.3, 0.4) is 0 Å². The number of anilines is 1. The fourth-order valence-corrected chi connectivity index (χ4v) is 3.01. The van der Waals surface area contributed by atoms with Crippen LogP contribution in [-0.2, 0) is 11.0 Å². The van der Waals surface area contributed by atoms with E-state index in [0.29, 0.717) is 12.2 Å². The molecule has 0 radical (unpaired) electrons. The molecule has 142 valence electrons. The Bertz CT molecular complexity index is 873. The fraction of sp³-hybridized carbons (Fsp3) is 0.300. The molecule has 0 bridgehead atoms. The predicted octanol–water partition coefficient (Wildman–Crippen LogP) is 4.47. The number of hydrogen-bond donors (Lipinski definition) is 0. The van der Waals surface area contributed by atoms with E-state index in [1.54, 1.807) is 17.0 Å². The van der Waals surface area contributed by atoms with Crippen LogP contribution in [0.1, 0.15) is 25.0 Å². The maximum atomic E-state index is 13.0. The number of halogens is 3. The Hall–Kier alpha value is -2.67. The lowest BCUT2D eigenvalue weighted by Crippen LogP contribution is -2.41. The lowest BCUT2D eigenvalue weighted by Gasteiger charge is -2.25. The van der Waals surface area contributed by atoms with Crippen molar-refractivity contribution in [2.24, 2.45) is 4.99 Å². The Morgan fingerprint density at radius 3 is 2.41 bits per heavy atom. The van der Waals surface area contributed by atoms with Crippen LogP contribution in [0.15, 0.2) is 53.5 Å². The molecule has 1 aliphatic heterocycles. The minimum Gasteiger partial charge on any atom is -0.293 e. The van der Waals surface area contributed by atoms with Crippen LogP contribution < -0.4 is 4.90 Å². The van der Waals surface area contributed by atoms with E-state index in [4.69, 9.17) is 0 Å². The summed E-state index contributed by atoms with van der Waals surface area (Å²) in [6.07, 6.45) is -4.46. The van der Waals surface area contributed by atoms with Crippen molar-refractivity contribution >= 4 is 23.0 Å². The molecular formula is C20H20F3N3O. The van der Waals surface area contributed by atoms with Crippen molar-refractivity contribution in [3.8, 4) is 0 Å². The first kappa shape index (κ1) is 19.1. The number of nitrogens with zero attached hydrogens (tertiary/aromatic N) is 3. The van der Waals surface area contributed by atoms with Gasteiger partial charge in [-0.2, -0.15) is 13.2 Å². The number of amides is 1. The van der Waals surface area contributed by atoms with Crippen molar-refractivity contribution in [3.05, 3.63) is 59.7 Å². The Morgan fingerprint density at radius 1 is 1.04 bits per heavy atom. The summed E-state index contributed by atoms with van der Waals surface area (Å²) in [5.74, 6) is -0.305. The van der Waals surface area contributed by atoms with Gasteiger partial charge in [-0.3, -0.25) is 14.6 Å². The molecule has 0 saturated heterocycles. The highest BCUT2D eigenvalue weighted by Crippen LogP contribution is 2.34. The first-order valence-corrected chi connectivity index (χ1v) is 8.74. The van der Waals surface area contributed by atoms with Crippen molar-refractivity contribution in [2.45, 2.75) is 20.0 Å². The van der Waals surface area contributed by atoms with Gasteiger partial charge in [0.25, 0.3) is 5.91 Å². The first-order valence-electron chi connectivity index (χ1n) is 8.74. The first-order chi connectivity index (χ1) is 12.8. The maximum Gasteiger partial charge on any atom is 0.416 e. The van der Waals surface area contributed by atoms with E-state index >= 15 is 0 Å². The topological polar surface area (TPSA) is 35.9 Å². The van der Waals surface area contributed by atoms with E-state index in [-0.39, 0.29) is 17.3 Å². The monoisotopic (exact) mass is 375 g/mol. The van der Waals surface area contributed by atoms with Crippen molar-refractivity contribution in [3.63, 3.8) is 0 Å². The van der Waals surface area contributed by atoms with E-state index in [0.717, 1.165) is 30.9 Å². The number of rotatable bonds is 5. The van der Waals surface area contributed by atoms with Crippen LogP contribution in [0.2, 0.25) is 0 Å². The second-order valence-corrected chi connectivity index (χ2v) is 6.20. The van der Waals surface area contributed by atoms with Crippen molar-refractivity contribution < 1.29 is 18.0 Å². The minimum absolute atomic E-state index is 0.104. The van der Waals surface area contributed by atoms with E-state index < -0.39 is 11.7 Å². The molecule has 0 aromatic heterocycles. The zero-order chi connectivity index (χ0) is 19.6. The number of para-hydroxylation sites is 1. The van der Waals surface area contributed by atoms with Gasteiger partial charge in [0.2, 0.25) is 0 Å². The summed E-state index contributed by atoms with van der Waals surface area (Å²) in [5.41, 5.74) is 0.833. The fourth-order valence-electron chi connectivity index (χ4n) is 3.01. The van der Waals surface area contributed by atoms with E-state index in [9.17, 15) is 18.0 Å². The van der Waals surface area contributed by atoms with Crippen molar-refractivity contribution in [1.82, 2.24) is 4.90 Å². The third-order valence-electron chi connectivity index (χ3n) is 4.55. The Kier molecular flexibility index (Phi) is 5.32. The van der Waals surface area contributed by atoms with Gasteiger partial charge in [0, 0.05) is 5.56 Å². The molecule has 2 aromatic carbocycles. The number of aliphatic imine (C=N–C) groups is 1. The molecule has 1 heterocycles. The molecule has 2 aromatic rings. The average Bonchev–Trinajstić information content (AvgIpc) is 2.91. The maximum absolute atomic E-state index is 13.0. The highest BCUT2D eigenvalue weighted by Gasteiger charge is 2.35. The van der Waals surface area contributed by atoms with Crippen LogP contribution >= 0.6 is 0 Å². The number of carbonyl (C=O) groups excluding carboxylic acids is 1. The van der Waals surface area contributed by atoms with Crippen LogP contribution in [0.25, 0.3) is 0 Å². The van der Waals surface area contributed by atoms with Gasteiger partial charge < -0.3 is 0 Å². The molecule has 1 aliphatic rings. The largest absolute Gasteiger partial charge is 0.416 e. The van der Waals surface area contributed by atoms with Gasteiger partial charge in [0.05, 0.1) is 23.6 Å². The quantitative estimate of drug-likeness (QED) is 0.773. The van der Waals surface area contributed by atoms with Crippen LogP contribution in [0.5, 0.6) is 0 Å². The molecule has 0 N–H and O–H groups in total. The highest BCUT2D eigenvalue weighted by atomic mass is 19.4. The van der Waals surface area contributed by atoms with Gasteiger partial charge in [-0.1, -0.05) is 38.1 Å². The zero-order valence-corrected chi connectivity index (χ0v) is 15.1. The molecule has 4 nitrogen and oxygen atoms in total. The lowest BCUT2D eigenvalue weighted by molar-refractivity contribution is -0.137. The van der Waals surface area contributed by atoms with Gasteiger partial charge in [-0.15, -0.1) is 0 Å². The zero-order valence-electron chi connectivity index (χ0n) is 15.1. The third-order valence-corrected chi connectivity index (χ3v) is 4.55. The number of carbonyl (C=O) groups is 1. The number of fused-ring (bicyclic) bond motifs is 1. The van der Waals surface area contributed by atoms with Crippen LogP contribution in [-0.4, -0.2) is 36.3 Å². The third kappa shape index (κ3) is 3.88. The smallest absolute Gasteiger partial charge is 0.293 e. The van der Waals surface area contributed by atoms with Crippen molar-refractivity contribution in [1.29, 1.82) is 0 Å². The summed E-state index contributed by atoms with van der Waals surface area (Å²) in [5, 5.41) is 0. The summed E-state index contributed by atoms with van der Waals surface area (Å²) in [6, 6.07) is 11.9.